The quantitative estimate of drug-likeness (QED) is 0.226. The van der Waals surface area contributed by atoms with Gasteiger partial charge in [-0.05, 0) is 62.7 Å². The zero-order valence-electron chi connectivity index (χ0n) is 24.3. The van der Waals surface area contributed by atoms with E-state index in [1.165, 1.54) is 11.3 Å². The fraction of sp³-hybridized carbons (Fsp3) is 0.242. The van der Waals surface area contributed by atoms with E-state index < -0.39 is 6.04 Å². The summed E-state index contributed by atoms with van der Waals surface area (Å²) in [5, 5.41) is 1.11. The maximum absolute atomic E-state index is 14.0. The van der Waals surface area contributed by atoms with Gasteiger partial charge in [0.25, 0.3) is 11.5 Å². The van der Waals surface area contributed by atoms with Crippen LogP contribution in [0.25, 0.3) is 6.08 Å². The number of carbonyl (C=O) groups excluding carboxylic acids is 1. The number of methoxy groups -OCH3 is 1. The van der Waals surface area contributed by atoms with Gasteiger partial charge in [-0.15, -0.1) is 0 Å². The predicted molar refractivity (Wildman–Crippen MR) is 172 cm³/mol. The molecule has 1 aliphatic heterocycles. The van der Waals surface area contributed by atoms with Gasteiger partial charge in [0.1, 0.15) is 24.1 Å². The Balaban J connectivity index is 1.52. The third kappa shape index (κ3) is 6.27. The Morgan fingerprint density at radius 1 is 1.07 bits per heavy atom. The van der Waals surface area contributed by atoms with Crippen LogP contribution >= 0.6 is 34.5 Å². The van der Waals surface area contributed by atoms with Crippen LogP contribution in [0.4, 0.5) is 0 Å². The van der Waals surface area contributed by atoms with Gasteiger partial charge in [-0.1, -0.05) is 70.9 Å². The number of benzene rings is 3. The van der Waals surface area contributed by atoms with Crippen LogP contribution in [0.1, 0.15) is 43.5 Å². The van der Waals surface area contributed by atoms with Gasteiger partial charge in [0.05, 0.1) is 22.9 Å². The number of thiazole rings is 1. The number of halogens is 2. The number of hydrogen-bond acceptors (Lipinski definition) is 6. The standard InChI is InChI=1S/C33H31Cl2N3O4S/c1-5-37(6-2)32(40)29-20(3)36-33-38(30(29)25-9-7-8-10-27(25)41-4)31(39)28(43-33)17-21-11-15-24(16-12-21)42-19-22-13-14-23(34)18-26(22)35/h7-18,30H,5-6,19H2,1-4H3/b28-17+/t30-/m1/s1. The number of likely N-dealkylation sites (N-methyl/N-ethyl adjacent to an activating group) is 1. The molecule has 1 amide bonds. The third-order valence-electron chi connectivity index (χ3n) is 7.32. The average molecular weight is 637 g/mol. The summed E-state index contributed by atoms with van der Waals surface area (Å²) in [5.74, 6) is 1.11. The number of ether oxygens (including phenoxy) is 2. The van der Waals surface area contributed by atoms with Crippen LogP contribution in [0.5, 0.6) is 11.5 Å². The number of allylic oxidation sites excluding steroid dienone is 1. The van der Waals surface area contributed by atoms with Crippen molar-refractivity contribution in [1.82, 2.24) is 9.47 Å². The first-order valence-corrected chi connectivity index (χ1v) is 15.4. The summed E-state index contributed by atoms with van der Waals surface area (Å²) in [7, 11) is 1.59. The summed E-state index contributed by atoms with van der Waals surface area (Å²) in [6.07, 6.45) is 1.83. The van der Waals surface area contributed by atoms with E-state index in [2.05, 4.69) is 0 Å². The summed E-state index contributed by atoms with van der Waals surface area (Å²) in [6, 6.07) is 19.5. The molecule has 0 fully saturated rings. The van der Waals surface area contributed by atoms with E-state index in [1.54, 1.807) is 28.7 Å². The molecule has 0 bridgehead atoms. The number of fused-ring (bicyclic) bond motifs is 1. The van der Waals surface area contributed by atoms with Crippen molar-refractivity contribution in [3.05, 3.63) is 124 Å². The van der Waals surface area contributed by atoms with E-state index in [0.717, 1.165) is 16.7 Å². The Morgan fingerprint density at radius 2 is 1.79 bits per heavy atom. The molecule has 10 heteroatoms. The second kappa shape index (κ2) is 13.2. The van der Waals surface area contributed by atoms with E-state index in [4.69, 9.17) is 37.7 Å². The zero-order valence-corrected chi connectivity index (χ0v) is 26.6. The molecule has 0 saturated carbocycles. The SMILES string of the molecule is CCN(CC)C(=O)C1=C(C)N=c2s/c(=C/c3ccc(OCc4ccc(Cl)cc4Cl)cc3)c(=O)n2[C@@H]1c1ccccc1OC. The van der Waals surface area contributed by atoms with Gasteiger partial charge in [0.2, 0.25) is 0 Å². The predicted octanol–water partition coefficient (Wildman–Crippen LogP) is 6.00. The first-order chi connectivity index (χ1) is 20.7. The Bertz CT molecular complexity index is 1880. The minimum absolute atomic E-state index is 0.146. The highest BCUT2D eigenvalue weighted by molar-refractivity contribution is 7.07. The number of nitrogens with zero attached hydrogens (tertiary/aromatic N) is 3. The van der Waals surface area contributed by atoms with Crippen molar-refractivity contribution in [2.45, 2.75) is 33.4 Å². The second-order valence-electron chi connectivity index (χ2n) is 9.89. The van der Waals surface area contributed by atoms with Gasteiger partial charge in [0.15, 0.2) is 4.80 Å². The monoisotopic (exact) mass is 635 g/mol. The Morgan fingerprint density at radius 3 is 2.47 bits per heavy atom. The van der Waals surface area contributed by atoms with Gasteiger partial charge in [-0.25, -0.2) is 4.99 Å². The first kappa shape index (κ1) is 30.6. The molecule has 3 aromatic carbocycles. The normalized spacial score (nSPS) is 14.7. The number of rotatable bonds is 9. The van der Waals surface area contributed by atoms with Gasteiger partial charge < -0.3 is 14.4 Å². The van der Waals surface area contributed by atoms with Crippen LogP contribution in [-0.4, -0.2) is 35.6 Å². The summed E-state index contributed by atoms with van der Waals surface area (Å²) >= 11 is 13.5. The van der Waals surface area contributed by atoms with Crippen molar-refractivity contribution in [1.29, 1.82) is 0 Å². The van der Waals surface area contributed by atoms with Gasteiger partial charge in [-0.3, -0.25) is 14.2 Å². The topological polar surface area (TPSA) is 73.1 Å². The molecule has 1 atom stereocenters. The molecule has 0 N–H and O–H groups in total. The van der Waals surface area contributed by atoms with Crippen LogP contribution in [-0.2, 0) is 11.4 Å². The molecule has 222 valence electrons. The molecule has 0 radical (unpaired) electrons. The van der Waals surface area contributed by atoms with E-state index in [0.29, 0.717) is 61.8 Å². The molecule has 7 nitrogen and oxygen atoms in total. The molecule has 4 aromatic rings. The maximum atomic E-state index is 14.0. The summed E-state index contributed by atoms with van der Waals surface area (Å²) < 4.78 is 13.7. The average Bonchev–Trinajstić information content (AvgIpc) is 3.31. The van der Waals surface area contributed by atoms with Crippen molar-refractivity contribution in [2.24, 2.45) is 4.99 Å². The van der Waals surface area contributed by atoms with Gasteiger partial charge in [0, 0.05) is 34.3 Å². The van der Waals surface area contributed by atoms with Gasteiger partial charge in [-0.2, -0.15) is 0 Å². The lowest BCUT2D eigenvalue weighted by atomic mass is 9.94. The second-order valence-corrected chi connectivity index (χ2v) is 11.7. The highest BCUT2D eigenvalue weighted by Crippen LogP contribution is 2.36. The lowest BCUT2D eigenvalue weighted by molar-refractivity contribution is -0.127. The molecule has 0 aliphatic carbocycles. The molecule has 0 spiro atoms. The third-order valence-corrected chi connectivity index (χ3v) is 8.89. The molecule has 1 aromatic heterocycles. The van der Waals surface area contributed by atoms with E-state index in [9.17, 15) is 9.59 Å². The maximum Gasteiger partial charge on any atom is 0.271 e. The van der Waals surface area contributed by atoms with Crippen molar-refractivity contribution in [3.63, 3.8) is 0 Å². The Hall–Kier alpha value is -3.85. The highest BCUT2D eigenvalue weighted by atomic mass is 35.5. The molecular formula is C33H31Cl2N3O4S. The van der Waals surface area contributed by atoms with Crippen LogP contribution in [0, 0.1) is 0 Å². The fourth-order valence-electron chi connectivity index (χ4n) is 5.07. The van der Waals surface area contributed by atoms with Crippen LogP contribution in [0.2, 0.25) is 10.0 Å². The molecule has 0 saturated heterocycles. The zero-order chi connectivity index (χ0) is 30.7. The van der Waals surface area contributed by atoms with E-state index in [-0.39, 0.29) is 11.5 Å². The number of amides is 1. The van der Waals surface area contributed by atoms with E-state index >= 15 is 0 Å². The first-order valence-electron chi connectivity index (χ1n) is 13.9. The minimum Gasteiger partial charge on any atom is -0.496 e. The number of aromatic nitrogens is 1. The Kier molecular flexibility index (Phi) is 9.40. The summed E-state index contributed by atoms with van der Waals surface area (Å²) in [5.41, 5.74) is 3.21. The summed E-state index contributed by atoms with van der Waals surface area (Å²) in [6.45, 7) is 7.09. The van der Waals surface area contributed by atoms with Crippen molar-refractivity contribution >= 4 is 46.5 Å². The smallest absolute Gasteiger partial charge is 0.271 e. The minimum atomic E-state index is -0.682. The lowest BCUT2D eigenvalue weighted by Gasteiger charge is -2.29. The molecule has 5 rings (SSSR count). The van der Waals surface area contributed by atoms with Crippen molar-refractivity contribution in [3.8, 4) is 11.5 Å². The van der Waals surface area contributed by atoms with Gasteiger partial charge >= 0.3 is 0 Å². The molecular weight excluding hydrogens is 605 g/mol. The number of hydrogen-bond donors (Lipinski definition) is 0. The highest BCUT2D eigenvalue weighted by Gasteiger charge is 2.35. The Labute approximate surface area is 263 Å². The largest absolute Gasteiger partial charge is 0.496 e. The van der Waals surface area contributed by atoms with Crippen LogP contribution in [0.3, 0.4) is 0 Å². The fourth-order valence-corrected chi connectivity index (χ4v) is 6.58. The molecule has 2 heterocycles. The van der Waals surface area contributed by atoms with Crippen molar-refractivity contribution in [2.75, 3.05) is 20.2 Å². The van der Waals surface area contributed by atoms with Crippen molar-refractivity contribution < 1.29 is 14.3 Å². The molecule has 43 heavy (non-hydrogen) atoms. The number of carbonyl (C=O) groups is 1. The number of para-hydroxylation sites is 1. The van der Waals surface area contributed by atoms with Crippen LogP contribution < -0.4 is 24.4 Å². The van der Waals surface area contributed by atoms with E-state index in [1.807, 2.05) is 81.4 Å². The summed E-state index contributed by atoms with van der Waals surface area (Å²) in [4.78, 5) is 34.8. The molecule has 0 unspecified atom stereocenters. The lowest BCUT2D eigenvalue weighted by Crippen LogP contribution is -2.43. The molecule has 1 aliphatic rings. The van der Waals surface area contributed by atoms with Crippen LogP contribution in [0.15, 0.2) is 87.8 Å².